The highest BCUT2D eigenvalue weighted by Crippen LogP contribution is 2.40. The summed E-state index contributed by atoms with van der Waals surface area (Å²) in [5.41, 5.74) is 2.04. The predicted octanol–water partition coefficient (Wildman–Crippen LogP) is 2.21. The molecule has 0 spiro atoms. The van der Waals surface area contributed by atoms with E-state index in [9.17, 15) is 14.7 Å². The Labute approximate surface area is 170 Å². The second-order valence-electron chi connectivity index (χ2n) is 8.63. The lowest BCUT2D eigenvalue weighted by Crippen LogP contribution is -2.41. The lowest BCUT2D eigenvalue weighted by atomic mass is 9.71. The van der Waals surface area contributed by atoms with Crippen molar-refractivity contribution in [1.29, 1.82) is 0 Å². The Hall–Kier alpha value is -2.12. The zero-order valence-corrected chi connectivity index (χ0v) is 17.0. The number of rotatable bonds is 6. The molecule has 0 bridgehead atoms. The van der Waals surface area contributed by atoms with Crippen LogP contribution in [0.1, 0.15) is 50.0 Å². The first kappa shape index (κ1) is 20.2. The van der Waals surface area contributed by atoms with Crippen LogP contribution in [0.3, 0.4) is 0 Å². The summed E-state index contributed by atoms with van der Waals surface area (Å²) in [5.74, 6) is -0.141. The molecule has 0 radical (unpaired) electrons. The third kappa shape index (κ3) is 4.41. The van der Waals surface area contributed by atoms with E-state index in [1.807, 2.05) is 12.1 Å². The smallest absolute Gasteiger partial charge is 0.408 e. The van der Waals surface area contributed by atoms with Crippen molar-refractivity contribution in [2.75, 3.05) is 26.7 Å². The van der Waals surface area contributed by atoms with Gasteiger partial charge >= 0.3 is 5.76 Å². The number of H-pyrrole nitrogens is 1. The number of nitrogens with one attached hydrogen (secondary N) is 2. The number of β-amino-alcohol motifs (C(OH)–C–C–N with tert-alkyl or cyclic N) is 1. The Morgan fingerprint density at radius 1 is 1.31 bits per heavy atom. The van der Waals surface area contributed by atoms with E-state index < -0.39 is 5.76 Å². The summed E-state index contributed by atoms with van der Waals surface area (Å²) in [5, 5.41) is 12.9. The summed E-state index contributed by atoms with van der Waals surface area (Å²) in [6.45, 7) is 2.36. The molecule has 1 unspecified atom stereocenters. The van der Waals surface area contributed by atoms with E-state index in [1.165, 1.54) is 19.3 Å². The maximum Gasteiger partial charge on any atom is 0.417 e. The average molecular weight is 402 g/mol. The molecular weight excluding hydrogens is 370 g/mol. The van der Waals surface area contributed by atoms with E-state index in [0.717, 1.165) is 37.9 Å². The predicted molar refractivity (Wildman–Crippen MR) is 111 cm³/mol. The molecule has 3 N–H and O–H groups in total. The topological polar surface area (TPSA) is 98.6 Å². The molecule has 1 aromatic carbocycles. The number of likely N-dealkylation sites (tertiary alicyclic amines) is 1. The van der Waals surface area contributed by atoms with Crippen LogP contribution in [0.4, 0.5) is 0 Å². The molecule has 7 heteroatoms. The van der Waals surface area contributed by atoms with Crippen LogP contribution >= 0.6 is 0 Å². The van der Waals surface area contributed by atoms with Gasteiger partial charge in [-0.05, 0) is 36.0 Å². The summed E-state index contributed by atoms with van der Waals surface area (Å²) in [7, 11) is 1.69. The molecule has 1 aliphatic carbocycles. The van der Waals surface area contributed by atoms with Gasteiger partial charge in [-0.25, -0.2) is 4.79 Å². The number of carbonyl (C=O) groups is 1. The first-order chi connectivity index (χ1) is 14.0. The molecule has 1 aliphatic heterocycles. The summed E-state index contributed by atoms with van der Waals surface area (Å²) in [4.78, 5) is 29.7. The largest absolute Gasteiger partial charge is 0.417 e. The maximum absolute atomic E-state index is 13.1. The van der Waals surface area contributed by atoms with Crippen LogP contribution < -0.4 is 11.1 Å². The van der Waals surface area contributed by atoms with E-state index >= 15 is 0 Å². The number of carbonyl (C=O) groups excluding carboxylic acids is 1. The normalized spacial score (nSPS) is 23.3. The highest BCUT2D eigenvalue weighted by atomic mass is 16.4. The molecule has 1 saturated carbocycles. The Balaban J connectivity index is 1.70. The SMILES string of the molecule is CNC(=O)C(c1ccc2oc(=O)[nH]c2c1)[C@@H](CN1CC[C@H](O)C1)C1CCCCC1. The van der Waals surface area contributed by atoms with Crippen LogP contribution in [0.5, 0.6) is 0 Å². The summed E-state index contributed by atoms with van der Waals surface area (Å²) in [6, 6.07) is 5.57. The lowest BCUT2D eigenvalue weighted by molar-refractivity contribution is -0.124. The number of amides is 1. The van der Waals surface area contributed by atoms with Gasteiger partial charge in [-0.2, -0.15) is 0 Å². The van der Waals surface area contributed by atoms with Gasteiger partial charge in [-0.1, -0.05) is 38.2 Å². The number of fused-ring (bicyclic) bond motifs is 1. The molecule has 3 atom stereocenters. The first-order valence-corrected chi connectivity index (χ1v) is 10.8. The molecule has 4 rings (SSSR count). The number of aromatic nitrogens is 1. The summed E-state index contributed by atoms with van der Waals surface area (Å²) in [6.07, 6.45) is 6.48. The fraction of sp³-hybridized carbons (Fsp3) is 0.636. The van der Waals surface area contributed by atoms with Gasteiger partial charge in [-0.15, -0.1) is 0 Å². The van der Waals surface area contributed by atoms with Crippen molar-refractivity contribution in [3.63, 3.8) is 0 Å². The van der Waals surface area contributed by atoms with E-state index in [4.69, 9.17) is 4.42 Å². The number of benzene rings is 1. The van der Waals surface area contributed by atoms with Crippen LogP contribution in [0.2, 0.25) is 0 Å². The molecule has 2 heterocycles. The Bertz CT molecular complexity index is 899. The third-order valence-corrected chi connectivity index (χ3v) is 6.73. The molecule has 1 aromatic heterocycles. The Morgan fingerprint density at radius 2 is 2.10 bits per heavy atom. The maximum atomic E-state index is 13.1. The molecule has 1 saturated heterocycles. The zero-order valence-electron chi connectivity index (χ0n) is 17.0. The van der Waals surface area contributed by atoms with Gasteiger partial charge in [0.2, 0.25) is 5.91 Å². The molecular formula is C22H31N3O4. The Morgan fingerprint density at radius 3 is 2.79 bits per heavy atom. The summed E-state index contributed by atoms with van der Waals surface area (Å²) >= 11 is 0. The average Bonchev–Trinajstić information content (AvgIpc) is 3.31. The van der Waals surface area contributed by atoms with Gasteiger partial charge in [0.25, 0.3) is 0 Å². The standard InChI is InChI=1S/C22H31N3O4/c1-23-21(27)20(15-7-8-19-18(11-15)24-22(28)29-19)17(14-5-3-2-4-6-14)13-25-10-9-16(26)12-25/h7-8,11,14,16-17,20,26H,2-6,9-10,12-13H2,1H3,(H,23,27)(H,24,28)/t16-,17-,20?/m0/s1. The number of oxazole rings is 1. The van der Waals surface area contributed by atoms with Crippen LogP contribution in [0.15, 0.2) is 27.4 Å². The molecule has 1 amide bonds. The van der Waals surface area contributed by atoms with Crippen molar-refractivity contribution in [3.8, 4) is 0 Å². The second kappa shape index (κ2) is 8.71. The van der Waals surface area contributed by atoms with Gasteiger partial charge < -0.3 is 19.7 Å². The minimum Gasteiger partial charge on any atom is -0.408 e. The fourth-order valence-corrected chi connectivity index (χ4v) is 5.28. The molecule has 29 heavy (non-hydrogen) atoms. The monoisotopic (exact) mass is 401 g/mol. The third-order valence-electron chi connectivity index (χ3n) is 6.73. The fourth-order valence-electron chi connectivity index (χ4n) is 5.28. The van der Waals surface area contributed by atoms with Crippen molar-refractivity contribution in [2.45, 2.75) is 50.5 Å². The van der Waals surface area contributed by atoms with Gasteiger partial charge in [0.05, 0.1) is 17.5 Å². The number of aliphatic hydroxyl groups excluding tert-OH is 1. The minimum absolute atomic E-state index is 0.00510. The minimum atomic E-state index is -0.483. The van der Waals surface area contributed by atoms with Crippen molar-refractivity contribution < 1.29 is 14.3 Å². The highest BCUT2D eigenvalue weighted by Gasteiger charge is 2.38. The molecule has 7 nitrogen and oxygen atoms in total. The van der Waals surface area contributed by atoms with E-state index in [2.05, 4.69) is 15.2 Å². The van der Waals surface area contributed by atoms with Crippen molar-refractivity contribution >= 4 is 17.0 Å². The van der Waals surface area contributed by atoms with Crippen LogP contribution in [-0.4, -0.2) is 53.7 Å². The molecule has 2 aliphatic rings. The van der Waals surface area contributed by atoms with Crippen molar-refractivity contribution in [2.24, 2.45) is 11.8 Å². The summed E-state index contributed by atoms with van der Waals surface area (Å²) < 4.78 is 5.14. The van der Waals surface area contributed by atoms with Gasteiger partial charge in [0.1, 0.15) is 0 Å². The molecule has 2 fully saturated rings. The number of likely N-dealkylation sites (N-methyl/N-ethyl adjacent to an activating group) is 1. The van der Waals surface area contributed by atoms with Crippen LogP contribution in [-0.2, 0) is 4.79 Å². The molecule has 2 aromatic rings. The number of nitrogens with zero attached hydrogens (tertiary/aromatic N) is 1. The zero-order chi connectivity index (χ0) is 20.4. The Kier molecular flexibility index (Phi) is 6.06. The van der Waals surface area contributed by atoms with Gasteiger partial charge in [0, 0.05) is 26.7 Å². The lowest BCUT2D eigenvalue weighted by Gasteiger charge is -2.37. The number of hydrogen-bond acceptors (Lipinski definition) is 5. The van der Waals surface area contributed by atoms with Gasteiger partial charge in [-0.3, -0.25) is 9.78 Å². The number of hydrogen-bond donors (Lipinski definition) is 3. The van der Waals surface area contributed by atoms with Crippen molar-refractivity contribution in [3.05, 3.63) is 34.3 Å². The quantitative estimate of drug-likeness (QED) is 0.689. The van der Waals surface area contributed by atoms with Crippen LogP contribution in [0, 0.1) is 11.8 Å². The van der Waals surface area contributed by atoms with E-state index in [1.54, 1.807) is 13.1 Å². The highest BCUT2D eigenvalue weighted by molar-refractivity contribution is 5.85. The number of aliphatic hydroxyl groups is 1. The van der Waals surface area contributed by atoms with Gasteiger partial charge in [0.15, 0.2) is 5.58 Å². The second-order valence-corrected chi connectivity index (χ2v) is 8.63. The van der Waals surface area contributed by atoms with E-state index in [0.29, 0.717) is 23.6 Å². The van der Waals surface area contributed by atoms with Crippen LogP contribution in [0.25, 0.3) is 11.1 Å². The van der Waals surface area contributed by atoms with Crippen molar-refractivity contribution in [1.82, 2.24) is 15.2 Å². The van der Waals surface area contributed by atoms with E-state index in [-0.39, 0.29) is 23.8 Å². The molecule has 158 valence electrons. The number of aromatic amines is 1. The first-order valence-electron chi connectivity index (χ1n) is 10.8.